The minimum absolute atomic E-state index is 0.0630. The lowest BCUT2D eigenvalue weighted by Crippen LogP contribution is -2.51. The Morgan fingerprint density at radius 3 is 2.62 bits per heavy atom. The van der Waals surface area contributed by atoms with Crippen LogP contribution in [0.1, 0.15) is 24.0 Å². The Kier molecular flexibility index (Phi) is 5.47. The summed E-state index contributed by atoms with van der Waals surface area (Å²) in [7, 11) is 1.46. The Morgan fingerprint density at radius 2 is 1.86 bits per heavy atom. The molecular formula is C23H23NO5. The topological polar surface area (TPSA) is 65.1 Å². The number of amides is 1. The van der Waals surface area contributed by atoms with Gasteiger partial charge in [-0.25, -0.2) is 0 Å². The van der Waals surface area contributed by atoms with Crippen LogP contribution in [0.5, 0.6) is 0 Å². The molecule has 6 nitrogen and oxygen atoms in total. The third-order valence-corrected chi connectivity index (χ3v) is 5.54. The zero-order valence-corrected chi connectivity index (χ0v) is 16.2. The first kappa shape index (κ1) is 19.4. The number of hydrogen-bond donors (Lipinski definition) is 0. The Morgan fingerprint density at radius 1 is 1.10 bits per heavy atom. The van der Waals surface area contributed by atoms with E-state index < -0.39 is 11.5 Å². The molecule has 0 saturated carbocycles. The van der Waals surface area contributed by atoms with Crippen molar-refractivity contribution in [3.8, 4) is 0 Å². The lowest BCUT2D eigenvalue weighted by molar-refractivity contribution is -0.136. The molecule has 2 atom stereocenters. The Balaban J connectivity index is 1.63. The van der Waals surface area contributed by atoms with Gasteiger partial charge in [-0.3, -0.25) is 14.4 Å². The van der Waals surface area contributed by atoms with E-state index in [1.165, 1.54) is 24.5 Å². The highest BCUT2D eigenvalue weighted by Gasteiger charge is 2.57. The number of ketones is 1. The third kappa shape index (κ3) is 3.45. The zero-order valence-electron chi connectivity index (χ0n) is 16.2. The molecule has 6 heteroatoms. The number of fused-ring (bicyclic) bond motifs is 1. The smallest absolute Gasteiger partial charge is 0.265 e. The number of carbonyl (C=O) groups is 2. The summed E-state index contributed by atoms with van der Waals surface area (Å²) in [6.45, 7) is 0.787. The van der Waals surface area contributed by atoms with E-state index >= 15 is 0 Å². The van der Waals surface area contributed by atoms with Crippen LogP contribution in [0.4, 0.5) is 5.69 Å². The molecule has 0 saturated heterocycles. The number of hydrogen-bond acceptors (Lipinski definition) is 5. The first-order chi connectivity index (χ1) is 14.2. The van der Waals surface area contributed by atoms with Crippen LogP contribution in [0.25, 0.3) is 0 Å². The Bertz CT molecular complexity index is 926. The van der Waals surface area contributed by atoms with Crippen molar-refractivity contribution in [2.75, 3.05) is 18.8 Å². The predicted molar refractivity (Wildman–Crippen MR) is 107 cm³/mol. The van der Waals surface area contributed by atoms with Crippen molar-refractivity contribution in [3.05, 3.63) is 78.1 Å². The summed E-state index contributed by atoms with van der Waals surface area (Å²) in [5.74, 6) is -0.301. The molecule has 4 rings (SSSR count). The van der Waals surface area contributed by atoms with E-state index in [1.807, 2.05) is 54.6 Å². The van der Waals surface area contributed by atoms with Crippen LogP contribution in [0.3, 0.4) is 0 Å². The van der Waals surface area contributed by atoms with Gasteiger partial charge in [-0.05, 0) is 23.6 Å². The summed E-state index contributed by atoms with van der Waals surface area (Å²) in [4.78, 5) is 31.0. The van der Waals surface area contributed by atoms with Gasteiger partial charge >= 0.3 is 0 Å². The van der Waals surface area contributed by atoms with Gasteiger partial charge in [0.05, 0.1) is 25.7 Å². The molecular weight excluding hydrogens is 370 g/mol. The number of anilines is 1. The van der Waals surface area contributed by atoms with Crippen molar-refractivity contribution in [3.63, 3.8) is 0 Å². The predicted octanol–water partition coefficient (Wildman–Crippen LogP) is 3.31. The van der Waals surface area contributed by atoms with Crippen LogP contribution in [0, 0.1) is 0 Å². The molecule has 2 aromatic carbocycles. The molecule has 0 aliphatic carbocycles. The number of hydroxylamine groups is 1. The molecule has 1 amide bonds. The van der Waals surface area contributed by atoms with Gasteiger partial charge in [0.15, 0.2) is 5.78 Å². The molecule has 150 valence electrons. The summed E-state index contributed by atoms with van der Waals surface area (Å²) in [5.41, 5.74) is 1.48. The maximum atomic E-state index is 13.5. The lowest BCUT2D eigenvalue weighted by Gasteiger charge is -2.36. The van der Waals surface area contributed by atoms with Gasteiger partial charge < -0.3 is 9.47 Å². The third-order valence-electron chi connectivity index (χ3n) is 5.54. The number of allylic oxidation sites excluding steroid dienone is 1. The van der Waals surface area contributed by atoms with Gasteiger partial charge in [0.2, 0.25) is 0 Å². The van der Waals surface area contributed by atoms with E-state index in [1.54, 1.807) is 0 Å². The van der Waals surface area contributed by atoms with Crippen LogP contribution in [0.15, 0.2) is 66.9 Å². The van der Waals surface area contributed by atoms with Gasteiger partial charge in [0, 0.05) is 19.1 Å². The van der Waals surface area contributed by atoms with Gasteiger partial charge in [-0.2, -0.15) is 5.06 Å². The average molecular weight is 393 g/mol. The van der Waals surface area contributed by atoms with Crippen LogP contribution < -0.4 is 5.06 Å². The van der Waals surface area contributed by atoms with Crippen molar-refractivity contribution < 1.29 is 23.9 Å². The molecule has 0 unspecified atom stereocenters. The molecule has 0 spiro atoms. The first-order valence-electron chi connectivity index (χ1n) is 9.61. The molecule has 2 aliphatic heterocycles. The molecule has 0 radical (unpaired) electrons. The van der Waals surface area contributed by atoms with E-state index in [0.29, 0.717) is 25.3 Å². The fourth-order valence-electron chi connectivity index (χ4n) is 4.13. The normalized spacial score (nSPS) is 23.2. The molecule has 29 heavy (non-hydrogen) atoms. The monoisotopic (exact) mass is 393 g/mol. The molecule has 0 fully saturated rings. The van der Waals surface area contributed by atoms with Gasteiger partial charge in [-0.1, -0.05) is 48.5 Å². The number of nitrogens with zero attached hydrogens (tertiary/aromatic N) is 1. The second-order valence-corrected chi connectivity index (χ2v) is 7.16. The Hall–Kier alpha value is -2.96. The number of ether oxygens (including phenoxy) is 2. The summed E-state index contributed by atoms with van der Waals surface area (Å²) >= 11 is 0. The molecule has 2 heterocycles. The van der Waals surface area contributed by atoms with E-state index in [9.17, 15) is 9.59 Å². The van der Waals surface area contributed by atoms with Crippen LogP contribution in [-0.2, 0) is 35.9 Å². The standard InChI is InChI=1S/C23H23NO5/c1-27-24-20-10-6-5-9-19(20)23(22(24)26,21-15-18(25)11-13-29-21)12-14-28-16-17-7-3-2-4-8-17/h2-11,13,21H,12,14-16H2,1H3/t21-,23+/m1/s1. The minimum atomic E-state index is -1.05. The molecule has 0 N–H and O–H groups in total. The highest BCUT2D eigenvalue weighted by molar-refractivity contribution is 6.08. The van der Waals surface area contributed by atoms with Crippen molar-refractivity contribution in [2.24, 2.45) is 0 Å². The second-order valence-electron chi connectivity index (χ2n) is 7.16. The largest absolute Gasteiger partial charge is 0.496 e. The second kappa shape index (κ2) is 8.19. The number of benzene rings is 2. The maximum absolute atomic E-state index is 13.5. The molecule has 0 aromatic heterocycles. The van der Waals surface area contributed by atoms with Gasteiger partial charge in [-0.15, -0.1) is 0 Å². The van der Waals surface area contributed by atoms with Crippen molar-refractivity contribution in [1.82, 2.24) is 0 Å². The van der Waals surface area contributed by atoms with Crippen LogP contribution in [-0.4, -0.2) is 31.5 Å². The van der Waals surface area contributed by atoms with E-state index in [4.69, 9.17) is 14.3 Å². The fourth-order valence-corrected chi connectivity index (χ4v) is 4.13. The highest BCUT2D eigenvalue weighted by Crippen LogP contribution is 2.48. The van der Waals surface area contributed by atoms with E-state index in [-0.39, 0.29) is 18.1 Å². The number of rotatable bonds is 7. The van der Waals surface area contributed by atoms with E-state index in [0.717, 1.165) is 11.1 Å². The van der Waals surface area contributed by atoms with Crippen LogP contribution >= 0.6 is 0 Å². The molecule has 2 aromatic rings. The first-order valence-corrected chi connectivity index (χ1v) is 9.61. The average Bonchev–Trinajstić information content (AvgIpc) is 3.00. The Labute approximate surface area is 169 Å². The van der Waals surface area contributed by atoms with Crippen molar-refractivity contribution in [1.29, 1.82) is 0 Å². The SMILES string of the molecule is CON1C(=O)[C@](CCOCc2ccccc2)([C@H]2CC(=O)C=CO2)c2ccccc21. The van der Waals surface area contributed by atoms with Gasteiger partial charge in [0.25, 0.3) is 5.91 Å². The van der Waals surface area contributed by atoms with Crippen molar-refractivity contribution in [2.45, 2.75) is 31.0 Å². The molecule has 2 aliphatic rings. The van der Waals surface area contributed by atoms with Crippen LogP contribution in [0.2, 0.25) is 0 Å². The summed E-state index contributed by atoms with van der Waals surface area (Å²) in [6, 6.07) is 17.3. The maximum Gasteiger partial charge on any atom is 0.265 e. The number of carbonyl (C=O) groups excluding carboxylic acids is 2. The molecule has 0 bridgehead atoms. The van der Waals surface area contributed by atoms with E-state index in [2.05, 4.69) is 0 Å². The quantitative estimate of drug-likeness (QED) is 0.676. The lowest BCUT2D eigenvalue weighted by atomic mass is 9.72. The zero-order chi connectivity index (χ0) is 20.3. The van der Waals surface area contributed by atoms with Gasteiger partial charge in [0.1, 0.15) is 11.5 Å². The van der Waals surface area contributed by atoms with Crippen molar-refractivity contribution >= 4 is 17.4 Å². The summed E-state index contributed by atoms with van der Waals surface area (Å²) in [5, 5.41) is 1.29. The minimum Gasteiger partial charge on any atom is -0.496 e. The number of para-hydroxylation sites is 1. The highest BCUT2D eigenvalue weighted by atomic mass is 16.7. The summed E-state index contributed by atoms with van der Waals surface area (Å²) in [6.07, 6.45) is 2.67. The fraction of sp³-hybridized carbons (Fsp3) is 0.304. The summed E-state index contributed by atoms with van der Waals surface area (Å²) < 4.78 is 11.7.